The van der Waals surface area contributed by atoms with Gasteiger partial charge < -0.3 is 9.47 Å². The normalized spacial score (nSPS) is 15.3. The van der Waals surface area contributed by atoms with Gasteiger partial charge in [0.15, 0.2) is 0 Å². The first kappa shape index (κ1) is 49.6. The van der Waals surface area contributed by atoms with Gasteiger partial charge in [0, 0.05) is 45.0 Å². The molecular formula is C72H70N2. The SMILES string of the molecule is C=c1/c(=C\C=C/C)c2ccccc2n1C.CC.Cc1ccc(C)c(-c2ccccc2C)c1.Cc1ccc2c(c1)C(C)(C)c1cc(N(c3ccccc3)c3cccc4c3C3CC3c3ccccc3-4)c3ccccc3c1-2. The van der Waals surface area contributed by atoms with E-state index in [1.54, 1.807) is 0 Å². The van der Waals surface area contributed by atoms with Crippen LogP contribution >= 0.6 is 0 Å². The van der Waals surface area contributed by atoms with Crippen molar-refractivity contribution in [1.29, 1.82) is 0 Å². The van der Waals surface area contributed by atoms with Crippen LogP contribution in [0.4, 0.5) is 17.1 Å². The summed E-state index contributed by atoms with van der Waals surface area (Å²) in [4.78, 5) is 2.56. The Balaban J connectivity index is 0.000000160. The van der Waals surface area contributed by atoms with Crippen molar-refractivity contribution in [2.24, 2.45) is 7.05 Å². The lowest BCUT2D eigenvalue weighted by Gasteiger charge is -2.33. The van der Waals surface area contributed by atoms with Gasteiger partial charge in [-0.25, -0.2) is 0 Å². The first-order valence-electron chi connectivity index (χ1n) is 26.7. The number of aromatic nitrogens is 1. The van der Waals surface area contributed by atoms with Crippen molar-refractivity contribution in [2.45, 2.75) is 86.0 Å². The summed E-state index contributed by atoms with van der Waals surface area (Å²) in [6.07, 6.45) is 7.43. The summed E-state index contributed by atoms with van der Waals surface area (Å²) in [6, 6.07) is 69.2. The highest BCUT2D eigenvalue weighted by Crippen LogP contribution is 2.65. The maximum atomic E-state index is 4.11. The molecule has 74 heavy (non-hydrogen) atoms. The van der Waals surface area contributed by atoms with Crippen LogP contribution in [0.5, 0.6) is 0 Å². The number of rotatable bonds is 5. The third kappa shape index (κ3) is 8.81. The van der Waals surface area contributed by atoms with Crippen molar-refractivity contribution < 1.29 is 0 Å². The molecule has 1 fully saturated rings. The molecule has 2 atom stereocenters. The summed E-state index contributed by atoms with van der Waals surface area (Å²) >= 11 is 0. The predicted molar refractivity (Wildman–Crippen MR) is 321 cm³/mol. The van der Waals surface area contributed by atoms with Crippen LogP contribution in [0.2, 0.25) is 0 Å². The number of anilines is 3. The van der Waals surface area contributed by atoms with Crippen LogP contribution in [0.3, 0.4) is 0 Å². The Labute approximate surface area is 440 Å². The van der Waals surface area contributed by atoms with Crippen LogP contribution in [-0.4, -0.2) is 4.57 Å². The number of hydrogen-bond acceptors (Lipinski definition) is 1. The molecule has 9 aromatic carbocycles. The monoisotopic (exact) mass is 963 g/mol. The third-order valence-electron chi connectivity index (χ3n) is 15.8. The molecule has 2 heteroatoms. The zero-order valence-corrected chi connectivity index (χ0v) is 45.1. The van der Waals surface area contributed by atoms with Gasteiger partial charge in [0.1, 0.15) is 0 Å². The lowest BCUT2D eigenvalue weighted by molar-refractivity contribution is 0.660. The molecule has 0 bridgehead atoms. The largest absolute Gasteiger partial charge is 0.344 e. The van der Waals surface area contributed by atoms with Crippen LogP contribution in [0.15, 0.2) is 200 Å². The Kier molecular flexibility index (Phi) is 13.8. The van der Waals surface area contributed by atoms with E-state index in [0.717, 1.165) is 5.35 Å². The number of aryl methyl sites for hydroxylation is 5. The topological polar surface area (TPSA) is 8.17 Å². The molecule has 3 aliphatic carbocycles. The van der Waals surface area contributed by atoms with Gasteiger partial charge in [0.2, 0.25) is 0 Å². The fourth-order valence-corrected chi connectivity index (χ4v) is 11.9. The Morgan fingerprint density at radius 1 is 0.541 bits per heavy atom. The second-order valence-electron chi connectivity index (χ2n) is 20.7. The molecule has 0 aliphatic heterocycles. The van der Waals surface area contributed by atoms with Crippen molar-refractivity contribution in [2.75, 3.05) is 4.90 Å². The van der Waals surface area contributed by atoms with Crippen LogP contribution in [0.25, 0.3) is 67.7 Å². The molecule has 2 unspecified atom stereocenters. The van der Waals surface area contributed by atoms with Crippen molar-refractivity contribution in [3.63, 3.8) is 0 Å². The summed E-state index contributed by atoms with van der Waals surface area (Å²) in [5, 5.41) is 6.18. The highest BCUT2D eigenvalue weighted by Gasteiger charge is 2.47. The second-order valence-corrected chi connectivity index (χ2v) is 20.7. The van der Waals surface area contributed by atoms with E-state index in [1.165, 1.54) is 128 Å². The Bertz CT molecular complexity index is 3860. The number of benzene rings is 9. The zero-order valence-electron chi connectivity index (χ0n) is 45.1. The molecule has 10 aromatic rings. The third-order valence-corrected chi connectivity index (χ3v) is 15.8. The van der Waals surface area contributed by atoms with E-state index in [-0.39, 0.29) is 5.41 Å². The average Bonchev–Trinajstić information content (AvgIpc) is 4.22. The van der Waals surface area contributed by atoms with Gasteiger partial charge in [-0.2, -0.15) is 0 Å². The zero-order chi connectivity index (χ0) is 51.8. The van der Waals surface area contributed by atoms with Gasteiger partial charge >= 0.3 is 0 Å². The quantitative estimate of drug-likeness (QED) is 0.167. The lowest BCUT2D eigenvalue weighted by atomic mass is 9.81. The van der Waals surface area contributed by atoms with Crippen molar-refractivity contribution in [3.8, 4) is 33.4 Å². The Hall–Kier alpha value is -7.94. The van der Waals surface area contributed by atoms with E-state index in [0.29, 0.717) is 11.8 Å². The molecule has 2 nitrogen and oxygen atoms in total. The highest BCUT2D eigenvalue weighted by molar-refractivity contribution is 6.10. The van der Waals surface area contributed by atoms with Gasteiger partial charge in [-0.05, 0) is 155 Å². The number of nitrogens with zero attached hydrogens (tertiary/aromatic N) is 2. The van der Waals surface area contributed by atoms with Crippen molar-refractivity contribution in [1.82, 2.24) is 4.57 Å². The minimum absolute atomic E-state index is 0.0888. The van der Waals surface area contributed by atoms with E-state index in [9.17, 15) is 0 Å². The van der Waals surface area contributed by atoms with Crippen LogP contribution < -0.4 is 15.5 Å². The number of allylic oxidation sites excluding steroid dienone is 2. The van der Waals surface area contributed by atoms with Crippen LogP contribution in [0.1, 0.15) is 97.4 Å². The maximum Gasteiger partial charge on any atom is 0.0543 e. The summed E-state index contributed by atoms with van der Waals surface area (Å²) in [5.74, 6) is 1.20. The van der Waals surface area contributed by atoms with E-state index in [2.05, 4.69) is 265 Å². The summed E-state index contributed by atoms with van der Waals surface area (Å²) in [7, 11) is 2.05. The molecule has 1 saturated carbocycles. The number of fused-ring (bicyclic) bond motifs is 12. The fourth-order valence-electron chi connectivity index (χ4n) is 11.9. The van der Waals surface area contributed by atoms with Gasteiger partial charge in [0.25, 0.3) is 0 Å². The second kappa shape index (κ2) is 20.5. The van der Waals surface area contributed by atoms with Gasteiger partial charge in [-0.15, -0.1) is 0 Å². The lowest BCUT2D eigenvalue weighted by Crippen LogP contribution is -2.25. The number of hydrogen-bond donors (Lipinski definition) is 0. The molecule has 0 spiro atoms. The summed E-state index contributed by atoms with van der Waals surface area (Å²) < 4.78 is 2.13. The molecule has 0 saturated heterocycles. The average molecular weight is 963 g/mol. The summed E-state index contributed by atoms with van der Waals surface area (Å²) in [6.45, 7) is 23.6. The molecule has 0 N–H and O–H groups in total. The molecular weight excluding hydrogens is 893 g/mol. The molecule has 3 aliphatic rings. The first-order valence-corrected chi connectivity index (χ1v) is 26.7. The van der Waals surface area contributed by atoms with Crippen molar-refractivity contribution in [3.05, 3.63) is 255 Å². The molecule has 0 radical (unpaired) electrons. The minimum Gasteiger partial charge on any atom is -0.344 e. The van der Waals surface area contributed by atoms with Crippen molar-refractivity contribution >= 4 is 51.4 Å². The predicted octanol–water partition coefficient (Wildman–Crippen LogP) is 18.4. The maximum absolute atomic E-state index is 4.11. The molecule has 0 amide bonds. The molecule has 1 heterocycles. The van der Waals surface area contributed by atoms with Crippen LogP contribution in [0, 0.1) is 27.7 Å². The van der Waals surface area contributed by atoms with Gasteiger partial charge in [0.05, 0.1) is 11.4 Å². The summed E-state index contributed by atoms with van der Waals surface area (Å²) in [5.41, 5.74) is 24.4. The van der Waals surface area contributed by atoms with E-state index in [1.807, 2.05) is 26.8 Å². The first-order chi connectivity index (χ1) is 36.0. The van der Waals surface area contributed by atoms with Gasteiger partial charge in [-0.1, -0.05) is 221 Å². The number of para-hydroxylation sites is 2. The fraction of sp³-hybridized carbons (Fsp3) is 0.194. The van der Waals surface area contributed by atoms with Gasteiger partial charge in [-0.3, -0.25) is 0 Å². The molecule has 13 rings (SSSR count). The standard InChI is InChI=1S/C41H33N.C15H16.C14H15N.C2H6/c1-25-20-21-32-35(22-25)41(2,3)36-24-38(29-16-9-10-17-31(29)39(32)36)42(26-12-5-4-6-13-26)37-19-11-18-30-27-14-7-8-15-28(27)33-23-34(33)40(30)37;1-11-8-9-13(3)15(10-11)14-7-5-4-6-12(14)2;1-4-5-8-12-11(2)15(3)14-10-7-6-9-13(12)14;1-2/h4-22,24,33-34H,23H2,1-3H3;4-10H,1-3H3;4-10H,2H2,1,3H3;1-2H3/b;;5-4-,12-8+;. The molecule has 368 valence electrons. The Morgan fingerprint density at radius 2 is 1.16 bits per heavy atom. The smallest absolute Gasteiger partial charge is 0.0543 e. The Morgan fingerprint density at radius 3 is 1.92 bits per heavy atom. The minimum atomic E-state index is -0.0888. The van der Waals surface area contributed by atoms with E-state index >= 15 is 0 Å². The highest BCUT2D eigenvalue weighted by atomic mass is 15.1. The molecule has 1 aromatic heterocycles. The van der Waals surface area contributed by atoms with E-state index < -0.39 is 0 Å². The van der Waals surface area contributed by atoms with Crippen LogP contribution in [-0.2, 0) is 12.5 Å². The van der Waals surface area contributed by atoms with E-state index in [4.69, 9.17) is 0 Å².